The summed E-state index contributed by atoms with van der Waals surface area (Å²) in [6.07, 6.45) is 0. The first-order valence-corrected chi connectivity index (χ1v) is 7.88. The maximum Gasteiger partial charge on any atom is 0.251 e. The van der Waals surface area contributed by atoms with E-state index in [1.54, 1.807) is 26.8 Å². The second-order valence-corrected chi connectivity index (χ2v) is 6.63. The standard InChI is InChI=1S/C13H21N3O3S.ClH/c1-9(2)16-20(18,19)12-6-4-5-11(7-12)13(17)15-10(3)8-14;/h4-7,9-10,16H,8,14H2,1-3H3,(H,15,17);1H/t10-;/m0./s1. The first-order chi connectivity index (χ1) is 9.26. The molecule has 0 saturated heterocycles. The van der Waals surface area contributed by atoms with Crippen LogP contribution in [-0.2, 0) is 10.0 Å². The Morgan fingerprint density at radius 1 is 1.29 bits per heavy atom. The van der Waals surface area contributed by atoms with Crippen molar-refractivity contribution < 1.29 is 13.2 Å². The van der Waals surface area contributed by atoms with Crippen molar-refractivity contribution in [3.63, 3.8) is 0 Å². The molecule has 0 spiro atoms. The molecule has 0 heterocycles. The van der Waals surface area contributed by atoms with Crippen LogP contribution in [0.25, 0.3) is 0 Å². The van der Waals surface area contributed by atoms with E-state index in [2.05, 4.69) is 10.0 Å². The lowest BCUT2D eigenvalue weighted by Gasteiger charge is -2.13. The molecule has 6 nitrogen and oxygen atoms in total. The van der Waals surface area contributed by atoms with Gasteiger partial charge in [-0.15, -0.1) is 12.4 Å². The van der Waals surface area contributed by atoms with Crippen LogP contribution in [0.1, 0.15) is 31.1 Å². The number of amides is 1. The van der Waals surface area contributed by atoms with Gasteiger partial charge in [-0.05, 0) is 39.0 Å². The molecular weight excluding hydrogens is 314 g/mol. The summed E-state index contributed by atoms with van der Waals surface area (Å²) in [6, 6.07) is 5.52. The van der Waals surface area contributed by atoms with Gasteiger partial charge in [-0.25, -0.2) is 13.1 Å². The number of nitrogens with one attached hydrogen (secondary N) is 2. The molecule has 1 atom stereocenters. The van der Waals surface area contributed by atoms with Crippen LogP contribution in [0, 0.1) is 0 Å². The zero-order valence-electron chi connectivity index (χ0n) is 12.3. The van der Waals surface area contributed by atoms with Gasteiger partial charge in [0.25, 0.3) is 5.91 Å². The average molecular weight is 336 g/mol. The van der Waals surface area contributed by atoms with Gasteiger partial charge in [-0.1, -0.05) is 6.07 Å². The first-order valence-electron chi connectivity index (χ1n) is 6.39. The van der Waals surface area contributed by atoms with E-state index < -0.39 is 10.0 Å². The number of hydrogen-bond acceptors (Lipinski definition) is 4. The van der Waals surface area contributed by atoms with Gasteiger partial charge in [0.1, 0.15) is 0 Å². The maximum absolute atomic E-state index is 12.0. The van der Waals surface area contributed by atoms with Gasteiger partial charge in [0.05, 0.1) is 4.90 Å². The van der Waals surface area contributed by atoms with Crippen molar-refractivity contribution in [3.05, 3.63) is 29.8 Å². The van der Waals surface area contributed by atoms with Crippen LogP contribution in [0.2, 0.25) is 0 Å². The topological polar surface area (TPSA) is 101 Å². The molecule has 4 N–H and O–H groups in total. The van der Waals surface area contributed by atoms with Crippen LogP contribution >= 0.6 is 12.4 Å². The van der Waals surface area contributed by atoms with Gasteiger partial charge in [0, 0.05) is 24.2 Å². The summed E-state index contributed by atoms with van der Waals surface area (Å²) in [5.41, 5.74) is 5.72. The number of carbonyl (C=O) groups excluding carboxylic acids is 1. The van der Waals surface area contributed by atoms with Crippen LogP contribution in [0.4, 0.5) is 0 Å². The lowest BCUT2D eigenvalue weighted by atomic mass is 10.2. The van der Waals surface area contributed by atoms with E-state index in [0.29, 0.717) is 6.54 Å². The summed E-state index contributed by atoms with van der Waals surface area (Å²) in [5, 5.41) is 2.69. The highest BCUT2D eigenvalue weighted by atomic mass is 35.5. The number of rotatable bonds is 6. The normalized spacial score (nSPS) is 12.6. The fraction of sp³-hybridized carbons (Fsp3) is 0.462. The molecule has 0 unspecified atom stereocenters. The third-order valence-electron chi connectivity index (χ3n) is 2.53. The van der Waals surface area contributed by atoms with Crippen molar-refractivity contribution >= 4 is 28.3 Å². The molecule has 8 heteroatoms. The number of carbonyl (C=O) groups is 1. The zero-order valence-corrected chi connectivity index (χ0v) is 13.9. The second kappa shape index (κ2) is 8.33. The molecule has 120 valence electrons. The summed E-state index contributed by atoms with van der Waals surface area (Å²) in [5.74, 6) is -0.343. The van der Waals surface area contributed by atoms with Crippen LogP contribution in [0.5, 0.6) is 0 Å². The molecule has 0 fully saturated rings. The van der Waals surface area contributed by atoms with Gasteiger partial charge in [-0.2, -0.15) is 0 Å². The van der Waals surface area contributed by atoms with E-state index in [1.165, 1.54) is 18.2 Å². The van der Waals surface area contributed by atoms with E-state index in [-0.39, 0.29) is 40.9 Å². The molecule has 1 rings (SSSR count). The van der Waals surface area contributed by atoms with Crippen LogP contribution < -0.4 is 15.8 Å². The Bertz CT molecular complexity index is 576. The van der Waals surface area contributed by atoms with Crippen molar-refractivity contribution in [2.24, 2.45) is 5.73 Å². The lowest BCUT2D eigenvalue weighted by molar-refractivity contribution is 0.0941. The molecule has 1 amide bonds. The molecule has 0 aliphatic carbocycles. The molecule has 1 aromatic rings. The molecule has 0 radical (unpaired) electrons. The van der Waals surface area contributed by atoms with Crippen molar-refractivity contribution in [1.82, 2.24) is 10.0 Å². The summed E-state index contributed by atoms with van der Waals surface area (Å²) in [6.45, 7) is 5.56. The first kappa shape index (κ1) is 19.9. The third-order valence-corrected chi connectivity index (χ3v) is 4.18. The van der Waals surface area contributed by atoms with E-state index in [1.807, 2.05) is 0 Å². The van der Waals surface area contributed by atoms with Crippen LogP contribution in [-0.4, -0.2) is 33.0 Å². The molecule has 0 aliphatic heterocycles. The summed E-state index contributed by atoms with van der Waals surface area (Å²) < 4.78 is 26.5. The van der Waals surface area contributed by atoms with Crippen molar-refractivity contribution in [2.45, 2.75) is 37.8 Å². The monoisotopic (exact) mass is 335 g/mol. The smallest absolute Gasteiger partial charge is 0.251 e. The number of hydrogen-bond donors (Lipinski definition) is 3. The highest BCUT2D eigenvalue weighted by molar-refractivity contribution is 7.89. The molecule has 21 heavy (non-hydrogen) atoms. The van der Waals surface area contributed by atoms with Crippen LogP contribution in [0.15, 0.2) is 29.2 Å². The minimum atomic E-state index is -3.60. The highest BCUT2D eigenvalue weighted by Gasteiger charge is 2.17. The van der Waals surface area contributed by atoms with Gasteiger partial charge < -0.3 is 11.1 Å². The largest absolute Gasteiger partial charge is 0.348 e. The number of sulfonamides is 1. The van der Waals surface area contributed by atoms with E-state index >= 15 is 0 Å². The second-order valence-electron chi connectivity index (χ2n) is 4.91. The quantitative estimate of drug-likeness (QED) is 0.718. The number of benzene rings is 1. The fourth-order valence-electron chi connectivity index (χ4n) is 1.55. The molecule has 0 bridgehead atoms. The van der Waals surface area contributed by atoms with Crippen LogP contribution in [0.3, 0.4) is 0 Å². The van der Waals surface area contributed by atoms with E-state index in [9.17, 15) is 13.2 Å². The maximum atomic E-state index is 12.0. The predicted octanol–water partition coefficient (Wildman–Crippen LogP) is 0.872. The van der Waals surface area contributed by atoms with Gasteiger partial charge >= 0.3 is 0 Å². The van der Waals surface area contributed by atoms with Gasteiger partial charge in [0.2, 0.25) is 10.0 Å². The Morgan fingerprint density at radius 2 is 1.90 bits per heavy atom. The SMILES string of the molecule is CC(C)NS(=O)(=O)c1cccc(C(=O)N[C@@H](C)CN)c1.Cl. The van der Waals surface area contributed by atoms with Gasteiger partial charge in [-0.3, -0.25) is 4.79 Å². The zero-order chi connectivity index (χ0) is 15.3. The van der Waals surface area contributed by atoms with E-state index in [4.69, 9.17) is 5.73 Å². The molecule has 1 aromatic carbocycles. The van der Waals surface area contributed by atoms with Crippen molar-refractivity contribution in [1.29, 1.82) is 0 Å². The molecular formula is C13H22ClN3O3S. The minimum absolute atomic E-state index is 0. The summed E-state index contributed by atoms with van der Waals surface area (Å²) in [7, 11) is -3.60. The number of halogens is 1. The fourth-order valence-corrected chi connectivity index (χ4v) is 2.85. The Balaban J connectivity index is 0.00000400. The average Bonchev–Trinajstić information content (AvgIpc) is 2.37. The number of nitrogens with two attached hydrogens (primary N) is 1. The van der Waals surface area contributed by atoms with Crippen molar-refractivity contribution in [3.8, 4) is 0 Å². The Labute approximate surface area is 132 Å². The Morgan fingerprint density at radius 3 is 2.43 bits per heavy atom. The molecule has 0 aliphatic rings. The van der Waals surface area contributed by atoms with Gasteiger partial charge in [0.15, 0.2) is 0 Å². The summed E-state index contributed by atoms with van der Waals surface area (Å²) >= 11 is 0. The van der Waals surface area contributed by atoms with E-state index in [0.717, 1.165) is 0 Å². The molecule has 0 aromatic heterocycles. The predicted molar refractivity (Wildman–Crippen MR) is 85.1 cm³/mol. The third kappa shape index (κ3) is 6.01. The highest BCUT2D eigenvalue weighted by Crippen LogP contribution is 2.12. The Hall–Kier alpha value is -1.15. The minimum Gasteiger partial charge on any atom is -0.348 e. The lowest BCUT2D eigenvalue weighted by Crippen LogP contribution is -2.38. The molecule has 0 saturated carbocycles. The Kier molecular flexibility index (Phi) is 7.87. The van der Waals surface area contributed by atoms with Crippen molar-refractivity contribution in [2.75, 3.05) is 6.54 Å². The summed E-state index contributed by atoms with van der Waals surface area (Å²) in [4.78, 5) is 12.0.